The number of carbonyl (C=O) groups is 1. The Morgan fingerprint density at radius 2 is 2.04 bits per heavy atom. The molecule has 0 radical (unpaired) electrons. The number of hydrogen-bond acceptors (Lipinski definition) is 3. The second kappa shape index (κ2) is 7.15. The molecule has 1 aliphatic rings. The third-order valence-corrected chi connectivity index (χ3v) is 4.17. The van der Waals surface area contributed by atoms with Gasteiger partial charge in [0.1, 0.15) is 0 Å². The van der Waals surface area contributed by atoms with Gasteiger partial charge in [-0.25, -0.2) is 8.78 Å². The fourth-order valence-corrected chi connectivity index (χ4v) is 2.90. The first-order valence-corrected chi connectivity index (χ1v) is 8.28. The van der Waals surface area contributed by atoms with Gasteiger partial charge in [-0.2, -0.15) is 0 Å². The van der Waals surface area contributed by atoms with Crippen molar-refractivity contribution in [1.29, 1.82) is 0 Å². The molecule has 0 aromatic heterocycles. The van der Waals surface area contributed by atoms with E-state index in [1.807, 2.05) is 0 Å². The van der Waals surface area contributed by atoms with Crippen LogP contribution in [0.4, 0.5) is 8.78 Å². The van der Waals surface area contributed by atoms with E-state index in [2.05, 4.69) is 26.1 Å². The minimum atomic E-state index is -1.49. The highest BCUT2D eigenvalue weighted by molar-refractivity contribution is 5.86. The molecule has 1 saturated heterocycles. The number of hydrogen-bond donors (Lipinski definition) is 2. The van der Waals surface area contributed by atoms with Gasteiger partial charge in [0.05, 0.1) is 0 Å². The van der Waals surface area contributed by atoms with E-state index in [0.717, 1.165) is 6.07 Å². The Morgan fingerprint density at radius 1 is 1.33 bits per heavy atom. The zero-order valence-electron chi connectivity index (χ0n) is 14.5. The van der Waals surface area contributed by atoms with E-state index in [0.29, 0.717) is 25.9 Å². The lowest BCUT2D eigenvalue weighted by atomic mass is 9.90. The Kier molecular flexibility index (Phi) is 5.60. The van der Waals surface area contributed by atoms with E-state index >= 15 is 0 Å². The quantitative estimate of drug-likeness (QED) is 0.866. The number of nitrogens with zero attached hydrogens (tertiary/aromatic N) is 1. The number of aliphatic hydroxyl groups is 1. The molecule has 1 aromatic rings. The van der Waals surface area contributed by atoms with Crippen LogP contribution >= 0.6 is 0 Å². The summed E-state index contributed by atoms with van der Waals surface area (Å²) in [5.41, 5.74) is -1.33. The normalized spacial score (nSPS) is 22.1. The van der Waals surface area contributed by atoms with Crippen molar-refractivity contribution in [3.63, 3.8) is 0 Å². The van der Waals surface area contributed by atoms with Crippen LogP contribution in [0.1, 0.15) is 39.2 Å². The highest BCUT2D eigenvalue weighted by atomic mass is 19.2. The second-order valence-electron chi connectivity index (χ2n) is 7.74. The summed E-state index contributed by atoms with van der Waals surface area (Å²) in [7, 11) is 0. The SMILES string of the molecule is CC(C)(C)CNC[C@]1(O)CCCN(Cc2cccc(F)c2F)C1=O. The summed E-state index contributed by atoms with van der Waals surface area (Å²) in [4.78, 5) is 14.0. The maximum Gasteiger partial charge on any atom is 0.256 e. The Labute approximate surface area is 141 Å². The van der Waals surface area contributed by atoms with Crippen molar-refractivity contribution in [2.45, 2.75) is 45.8 Å². The van der Waals surface area contributed by atoms with Crippen LogP contribution in [0.25, 0.3) is 0 Å². The predicted molar refractivity (Wildman–Crippen MR) is 88.3 cm³/mol. The molecule has 1 atom stereocenters. The fourth-order valence-electron chi connectivity index (χ4n) is 2.90. The van der Waals surface area contributed by atoms with Gasteiger partial charge in [0.2, 0.25) is 0 Å². The minimum absolute atomic E-state index is 0.0377. The molecule has 0 saturated carbocycles. The molecule has 6 heteroatoms. The minimum Gasteiger partial charge on any atom is -0.379 e. The van der Waals surface area contributed by atoms with Crippen LogP contribution in [0, 0.1) is 17.0 Å². The van der Waals surface area contributed by atoms with Crippen molar-refractivity contribution in [3.05, 3.63) is 35.4 Å². The van der Waals surface area contributed by atoms with Crippen molar-refractivity contribution >= 4 is 5.91 Å². The van der Waals surface area contributed by atoms with Gasteiger partial charge in [-0.1, -0.05) is 32.9 Å². The molecule has 0 unspecified atom stereocenters. The van der Waals surface area contributed by atoms with Gasteiger partial charge >= 0.3 is 0 Å². The molecule has 1 aliphatic heterocycles. The van der Waals surface area contributed by atoms with Gasteiger partial charge in [-0.15, -0.1) is 0 Å². The number of carbonyl (C=O) groups excluding carboxylic acids is 1. The van der Waals surface area contributed by atoms with E-state index in [9.17, 15) is 18.7 Å². The summed E-state index contributed by atoms with van der Waals surface area (Å²) in [5.74, 6) is -2.30. The first-order valence-electron chi connectivity index (χ1n) is 8.28. The number of amides is 1. The number of nitrogens with one attached hydrogen (secondary N) is 1. The average Bonchev–Trinajstić information content (AvgIpc) is 2.47. The molecule has 1 heterocycles. The van der Waals surface area contributed by atoms with Crippen LogP contribution in [0.2, 0.25) is 0 Å². The van der Waals surface area contributed by atoms with Crippen LogP contribution < -0.4 is 5.32 Å². The summed E-state index contributed by atoms with van der Waals surface area (Å²) in [5, 5.41) is 13.8. The van der Waals surface area contributed by atoms with Crippen molar-refractivity contribution in [2.75, 3.05) is 19.6 Å². The fraction of sp³-hybridized carbons (Fsp3) is 0.611. The Hall–Kier alpha value is -1.53. The van der Waals surface area contributed by atoms with E-state index in [4.69, 9.17) is 0 Å². The Balaban J connectivity index is 2.05. The van der Waals surface area contributed by atoms with Gasteiger partial charge in [-0.05, 0) is 24.3 Å². The van der Waals surface area contributed by atoms with Crippen LogP contribution in [-0.2, 0) is 11.3 Å². The predicted octanol–water partition coefficient (Wildman–Crippen LogP) is 2.45. The maximum absolute atomic E-state index is 13.8. The monoisotopic (exact) mass is 340 g/mol. The van der Waals surface area contributed by atoms with E-state index in [1.54, 1.807) is 0 Å². The van der Waals surface area contributed by atoms with Crippen LogP contribution in [-0.4, -0.2) is 41.1 Å². The van der Waals surface area contributed by atoms with Gasteiger partial charge in [0.15, 0.2) is 17.2 Å². The van der Waals surface area contributed by atoms with Gasteiger partial charge in [0.25, 0.3) is 5.91 Å². The molecule has 2 rings (SSSR count). The largest absolute Gasteiger partial charge is 0.379 e. The lowest BCUT2D eigenvalue weighted by Gasteiger charge is -2.39. The Morgan fingerprint density at radius 3 is 2.71 bits per heavy atom. The van der Waals surface area contributed by atoms with Gasteiger partial charge in [0, 0.05) is 31.7 Å². The number of benzene rings is 1. The number of likely N-dealkylation sites (tertiary alicyclic amines) is 1. The highest BCUT2D eigenvalue weighted by Gasteiger charge is 2.42. The first-order chi connectivity index (χ1) is 11.1. The third kappa shape index (κ3) is 4.51. The second-order valence-corrected chi connectivity index (χ2v) is 7.74. The van der Waals surface area contributed by atoms with Crippen LogP contribution in [0.3, 0.4) is 0 Å². The molecule has 1 amide bonds. The highest BCUT2D eigenvalue weighted by Crippen LogP contribution is 2.25. The Bertz CT molecular complexity index is 601. The van der Waals surface area contributed by atoms with Crippen molar-refractivity contribution in [1.82, 2.24) is 10.2 Å². The van der Waals surface area contributed by atoms with Gasteiger partial charge in [-0.3, -0.25) is 4.79 Å². The molecule has 0 bridgehead atoms. The number of piperidine rings is 1. The maximum atomic E-state index is 13.8. The standard InChI is InChI=1S/C18H26F2N2O2/c1-17(2,3)11-21-12-18(24)8-5-9-22(16(18)23)10-13-6-4-7-14(19)15(13)20/h4,6-7,21,24H,5,8-12H2,1-3H3/t18-/m1/s1. The average molecular weight is 340 g/mol. The molecule has 4 nitrogen and oxygen atoms in total. The van der Waals surface area contributed by atoms with Gasteiger partial charge < -0.3 is 15.3 Å². The van der Waals surface area contributed by atoms with E-state index in [1.165, 1.54) is 17.0 Å². The van der Waals surface area contributed by atoms with Crippen molar-refractivity contribution in [3.8, 4) is 0 Å². The first kappa shape index (κ1) is 18.8. The molecule has 24 heavy (non-hydrogen) atoms. The van der Waals surface area contributed by atoms with Crippen LogP contribution in [0.5, 0.6) is 0 Å². The molecule has 134 valence electrons. The zero-order chi connectivity index (χ0) is 18.0. The summed E-state index contributed by atoms with van der Waals surface area (Å²) in [6.45, 7) is 7.40. The zero-order valence-corrected chi connectivity index (χ0v) is 14.5. The van der Waals surface area contributed by atoms with E-state index < -0.39 is 23.1 Å². The number of halogens is 2. The van der Waals surface area contributed by atoms with Crippen LogP contribution in [0.15, 0.2) is 18.2 Å². The smallest absolute Gasteiger partial charge is 0.256 e. The molecule has 1 aromatic carbocycles. The van der Waals surface area contributed by atoms with Crippen molar-refractivity contribution < 1.29 is 18.7 Å². The summed E-state index contributed by atoms with van der Waals surface area (Å²) in [6.07, 6.45) is 0.988. The molecule has 1 fully saturated rings. The molecule has 0 spiro atoms. The number of rotatable bonds is 5. The third-order valence-electron chi connectivity index (χ3n) is 4.17. The molecule has 0 aliphatic carbocycles. The topological polar surface area (TPSA) is 52.6 Å². The lowest BCUT2D eigenvalue weighted by Crippen LogP contribution is -2.58. The molecular formula is C18H26F2N2O2. The molecule has 2 N–H and O–H groups in total. The lowest BCUT2D eigenvalue weighted by molar-refractivity contribution is -0.157. The molecular weight excluding hydrogens is 314 g/mol. The summed E-state index contributed by atoms with van der Waals surface area (Å²) < 4.78 is 27.1. The van der Waals surface area contributed by atoms with E-state index in [-0.39, 0.29) is 24.1 Å². The summed E-state index contributed by atoms with van der Waals surface area (Å²) >= 11 is 0. The van der Waals surface area contributed by atoms with Crippen molar-refractivity contribution in [2.24, 2.45) is 5.41 Å². The summed E-state index contributed by atoms with van der Waals surface area (Å²) in [6, 6.07) is 3.92.